The normalized spacial score (nSPS) is 10.1. The molecule has 2 heterocycles. The smallest absolute Gasteiger partial charge is 0.255 e. The Morgan fingerprint density at radius 2 is 2.22 bits per heavy atom. The van der Waals surface area contributed by atoms with Crippen molar-refractivity contribution in [2.75, 3.05) is 5.32 Å². The number of halogens is 1. The lowest BCUT2D eigenvalue weighted by molar-refractivity contribution is 0.102. The fourth-order valence-electron chi connectivity index (χ4n) is 1.40. The summed E-state index contributed by atoms with van der Waals surface area (Å²) in [6, 6.07) is 4.49. The second kappa shape index (κ2) is 5.33. The van der Waals surface area contributed by atoms with Crippen molar-refractivity contribution in [2.45, 2.75) is 6.54 Å². The van der Waals surface area contributed by atoms with Crippen LogP contribution in [-0.2, 0) is 6.54 Å². The highest BCUT2D eigenvalue weighted by Crippen LogP contribution is 2.12. The second-order valence-electron chi connectivity index (χ2n) is 3.55. The minimum absolute atomic E-state index is 0.0844. The summed E-state index contributed by atoms with van der Waals surface area (Å²) in [6.07, 6.45) is 3.92. The first-order valence-electron chi connectivity index (χ1n) is 5.26. The molecule has 2 rings (SSSR count). The Bertz CT molecular complexity index is 574. The number of rotatable bonds is 3. The molecule has 0 unspecified atom stereocenters. The number of nitrogens with two attached hydrogens (primary N) is 1. The van der Waals surface area contributed by atoms with E-state index in [4.69, 9.17) is 5.73 Å². The van der Waals surface area contributed by atoms with Crippen LogP contribution in [0, 0.1) is 5.82 Å². The van der Waals surface area contributed by atoms with Crippen molar-refractivity contribution in [2.24, 2.45) is 5.73 Å². The monoisotopic (exact) mass is 246 g/mol. The third-order valence-corrected chi connectivity index (χ3v) is 2.31. The molecule has 2 aromatic heterocycles. The summed E-state index contributed by atoms with van der Waals surface area (Å²) in [4.78, 5) is 19.4. The van der Waals surface area contributed by atoms with E-state index < -0.39 is 11.7 Å². The van der Waals surface area contributed by atoms with Crippen LogP contribution in [0.2, 0.25) is 0 Å². The molecule has 0 aliphatic rings. The summed E-state index contributed by atoms with van der Waals surface area (Å²) in [5, 5.41) is 2.46. The van der Waals surface area contributed by atoms with Gasteiger partial charge in [0.15, 0.2) is 5.82 Å². The Hall–Kier alpha value is -2.34. The van der Waals surface area contributed by atoms with Crippen LogP contribution in [-0.4, -0.2) is 15.9 Å². The summed E-state index contributed by atoms with van der Waals surface area (Å²) in [6.45, 7) is 0.241. The van der Waals surface area contributed by atoms with Gasteiger partial charge in [-0.1, -0.05) is 0 Å². The average molecular weight is 246 g/mol. The summed E-state index contributed by atoms with van der Waals surface area (Å²) >= 11 is 0. The first-order chi connectivity index (χ1) is 8.70. The number of nitrogens with zero attached hydrogens (tertiary/aromatic N) is 2. The minimum Gasteiger partial charge on any atom is -0.325 e. The highest BCUT2D eigenvalue weighted by atomic mass is 19.1. The van der Waals surface area contributed by atoms with E-state index in [9.17, 15) is 9.18 Å². The van der Waals surface area contributed by atoms with Crippen LogP contribution in [0.15, 0.2) is 36.8 Å². The number of nitrogens with one attached hydrogen (secondary N) is 1. The van der Waals surface area contributed by atoms with Crippen LogP contribution in [0.5, 0.6) is 0 Å². The number of hydrogen-bond donors (Lipinski definition) is 2. The summed E-state index contributed by atoms with van der Waals surface area (Å²) in [5.74, 6) is -1.00. The largest absolute Gasteiger partial charge is 0.325 e. The average Bonchev–Trinajstić information content (AvgIpc) is 2.41. The van der Waals surface area contributed by atoms with Crippen LogP contribution < -0.4 is 11.1 Å². The maximum absolute atomic E-state index is 13.3. The van der Waals surface area contributed by atoms with Crippen molar-refractivity contribution >= 4 is 11.6 Å². The second-order valence-corrected chi connectivity index (χ2v) is 3.55. The standard InChI is InChI=1S/C12H11FN4O/c13-10-7-15-3-2-11(10)17-12(18)8-1-4-16-9(5-8)6-14/h1-5,7H,6,14H2,(H,15,17,18). The van der Waals surface area contributed by atoms with E-state index in [1.807, 2.05) is 0 Å². The van der Waals surface area contributed by atoms with E-state index in [2.05, 4.69) is 15.3 Å². The van der Waals surface area contributed by atoms with E-state index in [0.29, 0.717) is 11.3 Å². The van der Waals surface area contributed by atoms with E-state index in [-0.39, 0.29) is 12.2 Å². The highest BCUT2D eigenvalue weighted by molar-refractivity contribution is 6.04. The Morgan fingerprint density at radius 3 is 2.94 bits per heavy atom. The molecule has 0 atom stereocenters. The molecule has 0 radical (unpaired) electrons. The molecule has 3 N–H and O–H groups in total. The molecule has 0 aliphatic heterocycles. The summed E-state index contributed by atoms with van der Waals surface area (Å²) < 4.78 is 13.3. The summed E-state index contributed by atoms with van der Waals surface area (Å²) in [5.41, 5.74) is 6.49. The van der Waals surface area contributed by atoms with Gasteiger partial charge in [-0.25, -0.2) is 4.39 Å². The molecule has 0 spiro atoms. The summed E-state index contributed by atoms with van der Waals surface area (Å²) in [7, 11) is 0. The number of pyridine rings is 2. The zero-order chi connectivity index (χ0) is 13.0. The lowest BCUT2D eigenvalue weighted by Gasteiger charge is -2.06. The van der Waals surface area contributed by atoms with Crippen LogP contribution in [0.4, 0.5) is 10.1 Å². The first kappa shape index (κ1) is 12.1. The molecular formula is C12H11FN4O. The Balaban J connectivity index is 2.19. The van der Waals surface area contributed by atoms with Gasteiger partial charge in [-0.15, -0.1) is 0 Å². The molecule has 92 valence electrons. The fraction of sp³-hybridized carbons (Fsp3) is 0.0833. The van der Waals surface area contributed by atoms with Crippen molar-refractivity contribution in [3.05, 3.63) is 53.9 Å². The Morgan fingerprint density at radius 1 is 1.39 bits per heavy atom. The zero-order valence-corrected chi connectivity index (χ0v) is 9.43. The number of hydrogen-bond acceptors (Lipinski definition) is 4. The van der Waals surface area contributed by atoms with Crippen molar-refractivity contribution in [1.29, 1.82) is 0 Å². The fourth-order valence-corrected chi connectivity index (χ4v) is 1.40. The van der Waals surface area contributed by atoms with Gasteiger partial charge in [0.2, 0.25) is 0 Å². The molecule has 0 saturated carbocycles. The molecule has 0 saturated heterocycles. The molecule has 6 heteroatoms. The quantitative estimate of drug-likeness (QED) is 0.856. The molecular weight excluding hydrogens is 235 g/mol. The van der Waals surface area contributed by atoms with Gasteiger partial charge in [0.1, 0.15) is 0 Å². The van der Waals surface area contributed by atoms with Gasteiger partial charge in [0.05, 0.1) is 17.6 Å². The van der Waals surface area contributed by atoms with Crippen molar-refractivity contribution in [3.8, 4) is 0 Å². The van der Waals surface area contributed by atoms with Crippen molar-refractivity contribution in [3.63, 3.8) is 0 Å². The SMILES string of the molecule is NCc1cc(C(=O)Nc2ccncc2F)ccn1. The molecule has 0 fully saturated rings. The zero-order valence-electron chi connectivity index (χ0n) is 9.43. The topological polar surface area (TPSA) is 80.9 Å². The van der Waals surface area contributed by atoms with Crippen LogP contribution in [0.1, 0.15) is 16.1 Å². The minimum atomic E-state index is -0.584. The number of carbonyl (C=O) groups is 1. The third-order valence-electron chi connectivity index (χ3n) is 2.31. The molecule has 18 heavy (non-hydrogen) atoms. The van der Waals surface area contributed by atoms with Gasteiger partial charge >= 0.3 is 0 Å². The Labute approximate surface area is 103 Å². The van der Waals surface area contributed by atoms with E-state index >= 15 is 0 Å². The third kappa shape index (κ3) is 2.67. The lowest BCUT2D eigenvalue weighted by Crippen LogP contribution is -2.14. The van der Waals surface area contributed by atoms with Gasteiger partial charge in [-0.05, 0) is 18.2 Å². The van der Waals surface area contributed by atoms with Crippen LogP contribution in [0.3, 0.4) is 0 Å². The maximum atomic E-state index is 13.3. The number of amides is 1. The van der Waals surface area contributed by atoms with E-state index in [0.717, 1.165) is 6.20 Å². The van der Waals surface area contributed by atoms with Gasteiger partial charge < -0.3 is 11.1 Å². The lowest BCUT2D eigenvalue weighted by atomic mass is 10.2. The molecule has 0 aromatic carbocycles. The highest BCUT2D eigenvalue weighted by Gasteiger charge is 2.09. The van der Waals surface area contributed by atoms with Crippen LogP contribution in [0.25, 0.3) is 0 Å². The molecule has 0 aliphatic carbocycles. The maximum Gasteiger partial charge on any atom is 0.255 e. The Kier molecular flexibility index (Phi) is 3.59. The van der Waals surface area contributed by atoms with E-state index in [1.165, 1.54) is 24.5 Å². The van der Waals surface area contributed by atoms with Crippen molar-refractivity contribution < 1.29 is 9.18 Å². The van der Waals surface area contributed by atoms with Crippen LogP contribution >= 0.6 is 0 Å². The van der Waals surface area contributed by atoms with Gasteiger partial charge in [0, 0.05) is 24.5 Å². The molecule has 0 bridgehead atoms. The van der Waals surface area contributed by atoms with Crippen molar-refractivity contribution in [1.82, 2.24) is 9.97 Å². The molecule has 5 nitrogen and oxygen atoms in total. The molecule has 1 amide bonds. The predicted octanol–water partition coefficient (Wildman–Crippen LogP) is 1.33. The first-order valence-corrected chi connectivity index (χ1v) is 5.26. The van der Waals surface area contributed by atoms with E-state index in [1.54, 1.807) is 6.07 Å². The predicted molar refractivity (Wildman–Crippen MR) is 64.3 cm³/mol. The number of anilines is 1. The molecule has 2 aromatic rings. The number of aromatic nitrogens is 2. The number of carbonyl (C=O) groups excluding carboxylic acids is 1. The van der Waals surface area contributed by atoms with Gasteiger partial charge in [0.25, 0.3) is 5.91 Å². The van der Waals surface area contributed by atoms with Gasteiger partial charge in [-0.2, -0.15) is 0 Å². The van der Waals surface area contributed by atoms with Gasteiger partial charge in [-0.3, -0.25) is 14.8 Å².